The average molecular weight is 365 g/mol. The van der Waals surface area contributed by atoms with Gasteiger partial charge in [-0.25, -0.2) is 0 Å². The Morgan fingerprint density at radius 1 is 1.19 bits per heavy atom. The van der Waals surface area contributed by atoms with Gasteiger partial charge in [0.1, 0.15) is 11.5 Å². The molecule has 3 aromatic rings. The summed E-state index contributed by atoms with van der Waals surface area (Å²) in [7, 11) is 1.34. The van der Waals surface area contributed by atoms with Gasteiger partial charge < -0.3 is 19.9 Å². The Balaban J connectivity index is 1.95. The van der Waals surface area contributed by atoms with Gasteiger partial charge in [0.25, 0.3) is 0 Å². The molecule has 0 radical (unpaired) electrons. The summed E-state index contributed by atoms with van der Waals surface area (Å²) in [4.78, 5) is 27.7. The molecule has 2 aromatic carbocycles. The maximum absolute atomic E-state index is 12.4. The van der Waals surface area contributed by atoms with E-state index in [9.17, 15) is 19.8 Å². The first-order chi connectivity index (χ1) is 13.0. The molecule has 6 nitrogen and oxygen atoms in total. The fourth-order valence-electron chi connectivity index (χ4n) is 4.00. The fourth-order valence-corrected chi connectivity index (χ4v) is 4.00. The molecule has 1 aliphatic rings. The van der Waals surface area contributed by atoms with Crippen LogP contribution in [-0.2, 0) is 16.0 Å². The van der Waals surface area contributed by atoms with Gasteiger partial charge in [-0.1, -0.05) is 18.2 Å². The number of carbonyl (C=O) groups is 2. The molecule has 138 valence electrons. The first-order valence-electron chi connectivity index (χ1n) is 8.75. The number of hydrogen-bond donors (Lipinski definition) is 3. The number of fused-ring (bicyclic) bond motifs is 2. The molecule has 0 unspecified atom stereocenters. The van der Waals surface area contributed by atoms with E-state index in [1.165, 1.54) is 19.2 Å². The van der Waals surface area contributed by atoms with E-state index in [0.717, 1.165) is 22.2 Å². The normalized spacial score (nSPS) is 16.3. The predicted molar refractivity (Wildman–Crippen MR) is 99.2 cm³/mol. The second-order valence-electron chi connectivity index (χ2n) is 6.72. The monoisotopic (exact) mass is 365 g/mol. The molecule has 0 saturated carbocycles. The third-order valence-electron chi connectivity index (χ3n) is 5.23. The van der Waals surface area contributed by atoms with E-state index < -0.39 is 0 Å². The maximum Gasteiger partial charge on any atom is 0.310 e. The van der Waals surface area contributed by atoms with Gasteiger partial charge in [-0.15, -0.1) is 0 Å². The number of carbonyl (C=O) groups excluding carboxylic acids is 2. The molecular weight excluding hydrogens is 346 g/mol. The lowest BCUT2D eigenvalue weighted by Crippen LogP contribution is -2.19. The van der Waals surface area contributed by atoms with Crippen LogP contribution in [0.15, 0.2) is 36.4 Å². The number of nitrogens with one attached hydrogen (secondary N) is 1. The third-order valence-corrected chi connectivity index (χ3v) is 5.23. The minimum Gasteiger partial charge on any atom is -0.508 e. The average Bonchev–Trinajstić information content (AvgIpc) is 3.03. The van der Waals surface area contributed by atoms with Crippen molar-refractivity contribution in [3.8, 4) is 11.5 Å². The van der Waals surface area contributed by atoms with Crippen LogP contribution in [0.1, 0.15) is 45.9 Å². The van der Waals surface area contributed by atoms with Crippen molar-refractivity contribution in [1.29, 1.82) is 0 Å². The summed E-state index contributed by atoms with van der Waals surface area (Å²) in [6.45, 7) is 0. The summed E-state index contributed by atoms with van der Waals surface area (Å²) in [6, 6.07) is 10.3. The molecule has 1 aromatic heterocycles. The van der Waals surface area contributed by atoms with E-state index in [4.69, 9.17) is 4.74 Å². The number of hydrogen-bond acceptors (Lipinski definition) is 5. The first-order valence-corrected chi connectivity index (χ1v) is 8.75. The quantitative estimate of drug-likeness (QED) is 0.488. The highest BCUT2D eigenvalue weighted by molar-refractivity contribution is 6.02. The molecule has 0 saturated heterocycles. The Bertz CT molecular complexity index is 1070. The van der Waals surface area contributed by atoms with Gasteiger partial charge in [-0.05, 0) is 30.2 Å². The number of benzene rings is 2. The van der Waals surface area contributed by atoms with E-state index in [1.54, 1.807) is 0 Å². The number of aromatic nitrogens is 1. The van der Waals surface area contributed by atoms with Crippen LogP contribution in [0.3, 0.4) is 0 Å². The van der Waals surface area contributed by atoms with Crippen LogP contribution in [0.25, 0.3) is 10.9 Å². The number of rotatable bonds is 3. The minimum absolute atomic E-state index is 0.0384. The van der Waals surface area contributed by atoms with Crippen molar-refractivity contribution >= 4 is 22.7 Å². The highest BCUT2D eigenvalue weighted by Crippen LogP contribution is 2.46. The van der Waals surface area contributed by atoms with Crippen molar-refractivity contribution in [3.05, 3.63) is 58.8 Å². The van der Waals surface area contributed by atoms with E-state index in [0.29, 0.717) is 12.0 Å². The Kier molecular flexibility index (Phi) is 4.11. The lowest BCUT2D eigenvalue weighted by molar-refractivity contribution is -0.139. The minimum atomic E-state index is -0.367. The number of ketones is 1. The summed E-state index contributed by atoms with van der Waals surface area (Å²) < 4.78 is 4.85. The Morgan fingerprint density at radius 2 is 1.93 bits per heavy atom. The summed E-state index contributed by atoms with van der Waals surface area (Å²) >= 11 is 0. The number of ether oxygens (including phenoxy) is 1. The van der Waals surface area contributed by atoms with Crippen LogP contribution in [-0.4, -0.2) is 34.1 Å². The van der Waals surface area contributed by atoms with E-state index in [1.807, 2.05) is 24.3 Å². The molecule has 0 bridgehead atoms. The Labute approximate surface area is 155 Å². The van der Waals surface area contributed by atoms with Gasteiger partial charge in [0.05, 0.1) is 19.1 Å². The van der Waals surface area contributed by atoms with Gasteiger partial charge in [0, 0.05) is 34.5 Å². The molecule has 0 amide bonds. The predicted octanol–water partition coefficient (Wildman–Crippen LogP) is 3.40. The largest absolute Gasteiger partial charge is 0.508 e. The topological polar surface area (TPSA) is 99.6 Å². The van der Waals surface area contributed by atoms with Crippen molar-refractivity contribution in [2.75, 3.05) is 7.11 Å². The maximum atomic E-state index is 12.4. The van der Waals surface area contributed by atoms with Gasteiger partial charge in [-0.3, -0.25) is 9.59 Å². The zero-order valence-corrected chi connectivity index (χ0v) is 14.8. The van der Waals surface area contributed by atoms with Crippen molar-refractivity contribution in [2.45, 2.75) is 25.2 Å². The molecule has 1 aliphatic carbocycles. The van der Waals surface area contributed by atoms with Crippen molar-refractivity contribution in [2.24, 2.45) is 0 Å². The number of para-hydroxylation sites is 1. The molecule has 6 heteroatoms. The molecule has 4 rings (SSSR count). The summed E-state index contributed by atoms with van der Waals surface area (Å²) in [5, 5.41) is 21.5. The van der Waals surface area contributed by atoms with Crippen LogP contribution < -0.4 is 0 Å². The SMILES string of the molecule is COC(=O)Cc1c([C@@H]2CCC(=O)c3c(O)ccc(O)c32)[nH]c2ccccc12. The van der Waals surface area contributed by atoms with Crippen LogP contribution in [0.5, 0.6) is 11.5 Å². The zero-order valence-electron chi connectivity index (χ0n) is 14.8. The standard InChI is InChI=1S/C21H19NO5/c1-27-18(26)10-13-11-4-2-3-5-14(11)22-21(13)12-6-7-16(24)20-17(25)9-8-15(23)19(12)20/h2-5,8-9,12,22-23,25H,6-7,10H2,1H3/t12-/m1/s1. The fraction of sp³-hybridized carbons (Fsp3) is 0.238. The summed E-state index contributed by atoms with van der Waals surface area (Å²) in [5.74, 6) is -1.07. The third kappa shape index (κ3) is 2.73. The number of esters is 1. The number of phenols is 2. The lowest BCUT2D eigenvalue weighted by atomic mass is 9.78. The van der Waals surface area contributed by atoms with Crippen molar-refractivity contribution < 1.29 is 24.5 Å². The van der Waals surface area contributed by atoms with Gasteiger partial charge >= 0.3 is 5.97 Å². The molecule has 3 N–H and O–H groups in total. The second-order valence-corrected chi connectivity index (χ2v) is 6.72. The molecule has 0 spiro atoms. The Hall–Kier alpha value is -3.28. The number of H-pyrrole nitrogens is 1. The molecule has 27 heavy (non-hydrogen) atoms. The van der Waals surface area contributed by atoms with Gasteiger partial charge in [0.2, 0.25) is 0 Å². The van der Waals surface area contributed by atoms with Crippen molar-refractivity contribution in [3.63, 3.8) is 0 Å². The highest BCUT2D eigenvalue weighted by atomic mass is 16.5. The van der Waals surface area contributed by atoms with Crippen molar-refractivity contribution in [1.82, 2.24) is 4.98 Å². The first kappa shape index (κ1) is 17.1. The smallest absolute Gasteiger partial charge is 0.310 e. The van der Waals surface area contributed by atoms with Gasteiger partial charge in [-0.2, -0.15) is 0 Å². The van der Waals surface area contributed by atoms with Crippen LogP contribution in [0, 0.1) is 0 Å². The highest BCUT2D eigenvalue weighted by Gasteiger charge is 2.34. The van der Waals surface area contributed by atoms with E-state index >= 15 is 0 Å². The molecule has 0 aliphatic heterocycles. The number of aromatic hydroxyl groups is 2. The number of phenolic OH excluding ortho intramolecular Hbond substituents is 2. The van der Waals surface area contributed by atoms with Crippen LogP contribution in [0.2, 0.25) is 0 Å². The molecular formula is C21H19NO5. The molecule has 1 heterocycles. The lowest BCUT2D eigenvalue weighted by Gasteiger charge is -2.26. The Morgan fingerprint density at radius 3 is 2.70 bits per heavy atom. The number of aromatic amines is 1. The summed E-state index contributed by atoms with van der Waals surface area (Å²) in [5.41, 5.74) is 2.98. The van der Waals surface area contributed by atoms with E-state index in [-0.39, 0.29) is 47.6 Å². The van der Waals surface area contributed by atoms with E-state index in [2.05, 4.69) is 4.98 Å². The number of Topliss-reactive ketones (excluding diaryl/α,β-unsaturated/α-hetero) is 1. The molecule has 1 atom stereocenters. The second kappa shape index (κ2) is 6.46. The zero-order chi connectivity index (χ0) is 19.1. The van der Waals surface area contributed by atoms with Gasteiger partial charge in [0.15, 0.2) is 5.78 Å². The van der Waals surface area contributed by atoms with Crippen LogP contribution in [0.4, 0.5) is 0 Å². The summed E-state index contributed by atoms with van der Waals surface area (Å²) in [6.07, 6.45) is 0.806. The van der Waals surface area contributed by atoms with Crippen LogP contribution >= 0.6 is 0 Å². The number of methoxy groups -OCH3 is 1. The molecule has 0 fully saturated rings.